The lowest BCUT2D eigenvalue weighted by molar-refractivity contribution is 0.0605. The number of benzene rings is 1. The molecule has 29 heavy (non-hydrogen) atoms. The number of carbonyl (C=O) groups excluding carboxylic acids is 1. The van der Waals surface area contributed by atoms with Crippen molar-refractivity contribution in [1.29, 1.82) is 0 Å². The van der Waals surface area contributed by atoms with E-state index in [4.69, 9.17) is 9.47 Å². The topological polar surface area (TPSA) is 93.6 Å². The molecular formula is C20H20FN3O4S. The number of aliphatic hydroxyl groups excluding tert-OH is 1. The molecule has 7 nitrogen and oxygen atoms in total. The van der Waals surface area contributed by atoms with E-state index in [1.807, 2.05) is 0 Å². The minimum absolute atomic E-state index is 0.295. The number of ether oxygens (including phenoxy) is 2. The van der Waals surface area contributed by atoms with Crippen molar-refractivity contribution < 1.29 is 23.8 Å². The molecule has 3 aromatic rings. The lowest BCUT2D eigenvalue weighted by Crippen LogP contribution is -2.26. The molecule has 1 fully saturated rings. The van der Waals surface area contributed by atoms with E-state index >= 15 is 0 Å². The van der Waals surface area contributed by atoms with Crippen molar-refractivity contribution in [3.05, 3.63) is 40.8 Å². The molecule has 2 atom stereocenters. The van der Waals surface area contributed by atoms with Gasteiger partial charge in [0.25, 0.3) is 0 Å². The van der Waals surface area contributed by atoms with Gasteiger partial charge >= 0.3 is 5.97 Å². The number of nitrogens with one attached hydrogen (secondary N) is 1. The van der Waals surface area contributed by atoms with Gasteiger partial charge in [-0.05, 0) is 43.9 Å². The summed E-state index contributed by atoms with van der Waals surface area (Å²) in [6.07, 6.45) is 2.68. The Morgan fingerprint density at radius 3 is 2.90 bits per heavy atom. The second-order valence-electron chi connectivity index (χ2n) is 6.87. The van der Waals surface area contributed by atoms with Crippen LogP contribution in [-0.4, -0.2) is 40.4 Å². The van der Waals surface area contributed by atoms with Crippen LogP contribution in [0.25, 0.3) is 10.2 Å². The van der Waals surface area contributed by atoms with Gasteiger partial charge in [0.2, 0.25) is 0 Å². The van der Waals surface area contributed by atoms with Crippen molar-refractivity contribution in [2.45, 2.75) is 38.4 Å². The monoisotopic (exact) mass is 417 g/mol. The van der Waals surface area contributed by atoms with Gasteiger partial charge in [-0.1, -0.05) is 0 Å². The highest BCUT2D eigenvalue weighted by molar-refractivity contribution is 7.20. The number of hydrogen-bond donors (Lipinski definition) is 2. The number of rotatable bonds is 5. The number of esters is 1. The molecule has 2 N–H and O–H groups in total. The van der Waals surface area contributed by atoms with Gasteiger partial charge in [-0.15, -0.1) is 11.3 Å². The number of methoxy groups -OCH3 is 1. The van der Waals surface area contributed by atoms with Gasteiger partial charge in [0.1, 0.15) is 39.5 Å². The van der Waals surface area contributed by atoms with E-state index in [0.29, 0.717) is 50.8 Å². The van der Waals surface area contributed by atoms with E-state index in [2.05, 4.69) is 15.3 Å². The summed E-state index contributed by atoms with van der Waals surface area (Å²) in [4.78, 5) is 21.7. The van der Waals surface area contributed by atoms with E-state index in [-0.39, 0.29) is 6.10 Å². The predicted octanol–water partition coefficient (Wildman–Crippen LogP) is 3.96. The number of halogens is 1. The number of fused-ring (bicyclic) bond motifs is 1. The minimum atomic E-state index is -0.571. The second kappa shape index (κ2) is 7.92. The lowest BCUT2D eigenvalue weighted by Gasteiger charge is -2.20. The summed E-state index contributed by atoms with van der Waals surface area (Å²) in [6, 6.07) is 4.16. The molecule has 2 heterocycles. The largest absolute Gasteiger partial charge is 0.485 e. The number of hydrogen-bond acceptors (Lipinski definition) is 8. The number of thiophene rings is 1. The molecule has 2 aromatic heterocycles. The zero-order valence-electron chi connectivity index (χ0n) is 15.9. The van der Waals surface area contributed by atoms with Crippen LogP contribution in [0.2, 0.25) is 0 Å². The predicted molar refractivity (Wildman–Crippen MR) is 107 cm³/mol. The van der Waals surface area contributed by atoms with Gasteiger partial charge in [-0.3, -0.25) is 0 Å². The van der Waals surface area contributed by atoms with Crippen molar-refractivity contribution in [3.8, 4) is 5.75 Å². The smallest absolute Gasteiger partial charge is 0.348 e. The van der Waals surface area contributed by atoms with Gasteiger partial charge in [0.05, 0.1) is 24.3 Å². The molecule has 1 aromatic carbocycles. The van der Waals surface area contributed by atoms with E-state index in [0.717, 1.165) is 6.42 Å². The normalized spacial score (nSPS) is 18.8. The number of aryl methyl sites for hydroxylation is 1. The molecule has 0 saturated heterocycles. The van der Waals surface area contributed by atoms with Crippen LogP contribution in [0.3, 0.4) is 0 Å². The maximum absolute atomic E-state index is 13.9. The van der Waals surface area contributed by atoms with Crippen LogP contribution < -0.4 is 10.1 Å². The molecule has 2 unspecified atom stereocenters. The molecule has 1 aliphatic carbocycles. The maximum atomic E-state index is 13.9. The third kappa shape index (κ3) is 3.75. The molecule has 152 valence electrons. The average Bonchev–Trinajstić information content (AvgIpc) is 3.27. The van der Waals surface area contributed by atoms with Gasteiger partial charge in [-0.25, -0.2) is 19.2 Å². The first-order valence-electron chi connectivity index (χ1n) is 9.21. The molecule has 0 aliphatic heterocycles. The fourth-order valence-corrected chi connectivity index (χ4v) is 4.55. The Hall–Kier alpha value is -2.78. The molecule has 0 bridgehead atoms. The zero-order chi connectivity index (χ0) is 20.5. The number of nitrogens with zero attached hydrogens (tertiary/aromatic N) is 2. The van der Waals surface area contributed by atoms with E-state index < -0.39 is 17.9 Å². The molecular weight excluding hydrogens is 397 g/mol. The molecule has 4 rings (SSSR count). The first-order valence-corrected chi connectivity index (χ1v) is 10.0. The fraction of sp³-hybridized carbons (Fsp3) is 0.350. The standard InChI is InChI=1S/C20H20FN3O4S/c1-10-16-18(22-9-23-19(16)29-17(10)20(26)27-2)24-12-7-6-11(21)8-15(12)28-14-5-3-4-13(14)25/h6-9,13-14,25H,3-5H2,1-2H3,(H,22,23,24). The quantitative estimate of drug-likeness (QED) is 0.607. The summed E-state index contributed by atoms with van der Waals surface area (Å²) in [5.74, 6) is -0.103. The highest BCUT2D eigenvalue weighted by Crippen LogP contribution is 2.37. The molecule has 0 amide bonds. The molecule has 0 radical (unpaired) electrons. The average molecular weight is 417 g/mol. The van der Waals surface area contributed by atoms with Crippen LogP contribution in [0, 0.1) is 12.7 Å². The van der Waals surface area contributed by atoms with Crippen LogP contribution in [-0.2, 0) is 4.74 Å². The maximum Gasteiger partial charge on any atom is 0.348 e. The molecule has 1 saturated carbocycles. The molecule has 1 aliphatic rings. The summed E-state index contributed by atoms with van der Waals surface area (Å²) in [7, 11) is 1.33. The lowest BCUT2D eigenvalue weighted by atomic mass is 10.2. The Kier molecular flexibility index (Phi) is 5.33. The van der Waals surface area contributed by atoms with Crippen molar-refractivity contribution in [2.75, 3.05) is 12.4 Å². The highest BCUT2D eigenvalue weighted by Gasteiger charge is 2.28. The highest BCUT2D eigenvalue weighted by atomic mass is 32.1. The minimum Gasteiger partial charge on any atom is -0.485 e. The Morgan fingerprint density at radius 2 is 2.17 bits per heavy atom. The molecule has 0 spiro atoms. The van der Waals surface area contributed by atoms with Gasteiger partial charge in [0, 0.05) is 6.07 Å². The number of carbonyl (C=O) groups is 1. The van der Waals surface area contributed by atoms with Gasteiger partial charge < -0.3 is 19.9 Å². The Balaban J connectivity index is 1.72. The summed E-state index contributed by atoms with van der Waals surface area (Å²) >= 11 is 1.22. The number of anilines is 2. The van der Waals surface area contributed by atoms with E-state index in [1.165, 1.54) is 36.9 Å². The van der Waals surface area contributed by atoms with Crippen molar-refractivity contribution in [2.24, 2.45) is 0 Å². The third-order valence-electron chi connectivity index (χ3n) is 4.99. The Bertz CT molecular complexity index is 1070. The summed E-state index contributed by atoms with van der Waals surface area (Å²) in [5, 5.41) is 13.9. The second-order valence-corrected chi connectivity index (χ2v) is 7.87. The third-order valence-corrected chi connectivity index (χ3v) is 6.17. The van der Waals surface area contributed by atoms with Crippen LogP contribution in [0.5, 0.6) is 5.75 Å². The number of aromatic nitrogens is 2. The van der Waals surface area contributed by atoms with Gasteiger partial charge in [0.15, 0.2) is 0 Å². The van der Waals surface area contributed by atoms with Crippen LogP contribution >= 0.6 is 11.3 Å². The van der Waals surface area contributed by atoms with E-state index in [9.17, 15) is 14.3 Å². The SMILES string of the molecule is COC(=O)c1sc2ncnc(Nc3ccc(F)cc3OC3CCCC3O)c2c1C. The van der Waals surface area contributed by atoms with Crippen LogP contribution in [0.15, 0.2) is 24.5 Å². The van der Waals surface area contributed by atoms with Crippen molar-refractivity contribution in [3.63, 3.8) is 0 Å². The Labute approximate surface area is 170 Å². The number of aliphatic hydroxyl groups is 1. The first kappa shape index (κ1) is 19.5. The van der Waals surface area contributed by atoms with Crippen molar-refractivity contribution in [1.82, 2.24) is 9.97 Å². The Morgan fingerprint density at radius 1 is 1.34 bits per heavy atom. The molecule has 9 heteroatoms. The fourth-order valence-electron chi connectivity index (χ4n) is 3.49. The summed E-state index contributed by atoms with van der Waals surface area (Å²) in [6.45, 7) is 1.80. The van der Waals surface area contributed by atoms with Gasteiger partial charge in [-0.2, -0.15) is 0 Å². The van der Waals surface area contributed by atoms with Crippen LogP contribution in [0.4, 0.5) is 15.9 Å². The van der Waals surface area contributed by atoms with Crippen LogP contribution in [0.1, 0.15) is 34.5 Å². The summed E-state index contributed by atoms with van der Waals surface area (Å²) < 4.78 is 24.6. The van der Waals surface area contributed by atoms with E-state index in [1.54, 1.807) is 13.0 Å². The zero-order valence-corrected chi connectivity index (χ0v) is 16.8. The summed E-state index contributed by atoms with van der Waals surface area (Å²) in [5.41, 5.74) is 1.21. The first-order chi connectivity index (χ1) is 14.0. The van der Waals surface area contributed by atoms with Crippen molar-refractivity contribution >= 4 is 39.0 Å².